The smallest absolute Gasteiger partial charge is 0.307 e. The Morgan fingerprint density at radius 3 is 2.89 bits per heavy atom. The molecule has 8 heteroatoms. The third-order valence-corrected chi connectivity index (χ3v) is 2.41. The average molecular weight is 246 g/mol. The minimum Gasteiger partial charge on any atom is -0.384 e. The van der Waals surface area contributed by atoms with Gasteiger partial charge in [0, 0.05) is 6.20 Å². The second-order valence-electron chi connectivity index (χ2n) is 3.64. The predicted octanol–water partition coefficient (Wildman–Crippen LogP) is 0.768. The van der Waals surface area contributed by atoms with Crippen LogP contribution >= 0.6 is 0 Å². The second kappa shape index (κ2) is 4.24. The summed E-state index contributed by atoms with van der Waals surface area (Å²) in [6, 6.07) is 1.71. The van der Waals surface area contributed by atoms with Crippen LogP contribution in [0.25, 0.3) is 5.82 Å². The monoisotopic (exact) mass is 246 g/mol. The fourth-order valence-corrected chi connectivity index (χ4v) is 1.57. The van der Waals surface area contributed by atoms with Gasteiger partial charge in [0.05, 0.1) is 10.5 Å². The van der Waals surface area contributed by atoms with Gasteiger partial charge in [0.15, 0.2) is 5.82 Å². The van der Waals surface area contributed by atoms with Gasteiger partial charge in [-0.15, -0.1) is 0 Å². The maximum absolute atomic E-state index is 10.6. The first-order valence-corrected chi connectivity index (χ1v) is 5.00. The number of amidine groups is 1. The quantitative estimate of drug-likeness (QED) is 0.358. The van der Waals surface area contributed by atoms with Crippen molar-refractivity contribution in [1.82, 2.24) is 14.8 Å². The molecule has 0 atom stereocenters. The molecular formula is C10H10N6O2. The molecule has 0 aliphatic carbocycles. The lowest BCUT2D eigenvalue weighted by molar-refractivity contribution is -0.384. The summed E-state index contributed by atoms with van der Waals surface area (Å²) in [6.07, 6.45) is 3.88. The average Bonchev–Trinajstić information content (AvgIpc) is 2.77. The minimum atomic E-state index is -0.549. The Balaban J connectivity index is 2.59. The topological polar surface area (TPSA) is 124 Å². The van der Waals surface area contributed by atoms with Crippen LogP contribution in [0.3, 0.4) is 0 Å². The van der Waals surface area contributed by atoms with E-state index in [-0.39, 0.29) is 11.5 Å². The molecule has 0 amide bonds. The molecule has 0 saturated heterocycles. The van der Waals surface area contributed by atoms with E-state index in [1.807, 2.05) is 0 Å². The molecular weight excluding hydrogens is 236 g/mol. The number of pyridine rings is 1. The molecule has 0 aliphatic rings. The number of hydrogen-bond acceptors (Lipinski definition) is 5. The molecule has 0 bridgehead atoms. The van der Waals surface area contributed by atoms with Crippen molar-refractivity contribution in [2.75, 3.05) is 0 Å². The molecule has 92 valence electrons. The fourth-order valence-electron chi connectivity index (χ4n) is 1.57. The normalized spacial score (nSPS) is 10.3. The molecule has 2 rings (SSSR count). The van der Waals surface area contributed by atoms with Crippen LogP contribution in [0.4, 0.5) is 5.69 Å². The summed E-state index contributed by atoms with van der Waals surface area (Å²) >= 11 is 0. The van der Waals surface area contributed by atoms with Crippen molar-refractivity contribution in [3.8, 4) is 5.82 Å². The van der Waals surface area contributed by atoms with Crippen molar-refractivity contribution in [3.63, 3.8) is 0 Å². The first-order chi connectivity index (χ1) is 8.50. The van der Waals surface area contributed by atoms with Crippen molar-refractivity contribution in [1.29, 1.82) is 5.41 Å². The van der Waals surface area contributed by atoms with E-state index < -0.39 is 4.92 Å². The van der Waals surface area contributed by atoms with Crippen LogP contribution in [0.5, 0.6) is 0 Å². The van der Waals surface area contributed by atoms with Crippen LogP contribution in [-0.4, -0.2) is 25.5 Å². The summed E-state index contributed by atoms with van der Waals surface area (Å²) in [4.78, 5) is 14.1. The largest absolute Gasteiger partial charge is 0.384 e. The molecule has 2 aromatic heterocycles. The molecule has 8 nitrogen and oxygen atoms in total. The van der Waals surface area contributed by atoms with Crippen LogP contribution in [0.1, 0.15) is 11.1 Å². The number of aromatic nitrogens is 3. The number of nitrogens with two attached hydrogens (primary N) is 1. The van der Waals surface area contributed by atoms with Gasteiger partial charge in [-0.3, -0.25) is 15.5 Å². The Morgan fingerprint density at radius 2 is 2.33 bits per heavy atom. The van der Waals surface area contributed by atoms with Gasteiger partial charge in [0.1, 0.15) is 18.2 Å². The first-order valence-electron chi connectivity index (χ1n) is 5.00. The first kappa shape index (κ1) is 11.7. The number of nitro groups is 1. The zero-order valence-corrected chi connectivity index (χ0v) is 9.49. The Labute approximate surface area is 102 Å². The standard InChI is InChI=1S/C10H10N6O2/c1-6-2-3-13-10(8(6)9(11)12)15-5-7(4-14-15)16(17)18/h2-5H,1H3,(H3,11,12). The van der Waals surface area contributed by atoms with Crippen LogP contribution in [0.2, 0.25) is 0 Å². The third-order valence-electron chi connectivity index (χ3n) is 2.41. The summed E-state index contributed by atoms with van der Waals surface area (Å²) in [5, 5.41) is 22.0. The molecule has 0 saturated carbocycles. The van der Waals surface area contributed by atoms with Crippen molar-refractivity contribution in [2.24, 2.45) is 5.73 Å². The Bertz CT molecular complexity index is 633. The molecule has 0 aromatic carbocycles. The van der Waals surface area contributed by atoms with Gasteiger partial charge in [-0.1, -0.05) is 0 Å². The number of rotatable bonds is 3. The summed E-state index contributed by atoms with van der Waals surface area (Å²) in [5.41, 5.74) is 6.51. The number of aryl methyl sites for hydroxylation is 1. The zero-order valence-electron chi connectivity index (χ0n) is 9.49. The van der Waals surface area contributed by atoms with E-state index in [0.717, 1.165) is 11.8 Å². The highest BCUT2D eigenvalue weighted by atomic mass is 16.6. The van der Waals surface area contributed by atoms with E-state index >= 15 is 0 Å². The van der Waals surface area contributed by atoms with E-state index in [9.17, 15) is 10.1 Å². The Hall–Kier alpha value is -2.77. The molecule has 2 aromatic rings. The lowest BCUT2D eigenvalue weighted by Gasteiger charge is -2.09. The van der Waals surface area contributed by atoms with Gasteiger partial charge < -0.3 is 5.73 Å². The summed E-state index contributed by atoms with van der Waals surface area (Å²) in [7, 11) is 0. The summed E-state index contributed by atoms with van der Waals surface area (Å²) in [5.74, 6) is 0.143. The van der Waals surface area contributed by atoms with Gasteiger partial charge in [0.2, 0.25) is 0 Å². The van der Waals surface area contributed by atoms with Gasteiger partial charge in [-0.2, -0.15) is 5.10 Å². The molecule has 3 N–H and O–H groups in total. The van der Waals surface area contributed by atoms with Crippen LogP contribution in [0.15, 0.2) is 24.7 Å². The highest BCUT2D eigenvalue weighted by Gasteiger charge is 2.16. The molecule has 2 heterocycles. The highest BCUT2D eigenvalue weighted by Crippen LogP contribution is 2.17. The van der Waals surface area contributed by atoms with Crippen molar-refractivity contribution in [2.45, 2.75) is 6.92 Å². The lowest BCUT2D eigenvalue weighted by atomic mass is 10.1. The number of nitrogens with zero attached hydrogens (tertiary/aromatic N) is 4. The van der Waals surface area contributed by atoms with Crippen LogP contribution < -0.4 is 5.73 Å². The van der Waals surface area contributed by atoms with Crippen molar-refractivity contribution < 1.29 is 4.92 Å². The summed E-state index contributed by atoms with van der Waals surface area (Å²) < 4.78 is 1.24. The SMILES string of the molecule is Cc1ccnc(-n2cc([N+](=O)[O-])cn2)c1C(=N)N. The molecule has 0 radical (unpaired) electrons. The number of nitrogens with one attached hydrogen (secondary N) is 1. The van der Waals surface area contributed by atoms with E-state index in [1.54, 1.807) is 13.0 Å². The van der Waals surface area contributed by atoms with E-state index in [1.165, 1.54) is 17.1 Å². The molecule has 0 spiro atoms. The van der Waals surface area contributed by atoms with Gasteiger partial charge >= 0.3 is 5.69 Å². The van der Waals surface area contributed by atoms with Crippen molar-refractivity contribution >= 4 is 11.5 Å². The molecule has 0 unspecified atom stereocenters. The Kier molecular flexibility index (Phi) is 2.76. The summed E-state index contributed by atoms with van der Waals surface area (Å²) in [6.45, 7) is 1.78. The fraction of sp³-hybridized carbons (Fsp3) is 0.100. The maximum Gasteiger partial charge on any atom is 0.307 e. The number of nitrogen functional groups attached to an aromatic ring is 1. The Morgan fingerprint density at radius 1 is 1.61 bits per heavy atom. The van der Waals surface area contributed by atoms with Crippen molar-refractivity contribution in [3.05, 3.63) is 45.9 Å². The minimum absolute atomic E-state index is 0.146. The zero-order chi connectivity index (χ0) is 13.3. The number of hydrogen-bond donors (Lipinski definition) is 2. The van der Waals surface area contributed by atoms with Gasteiger partial charge in [-0.05, 0) is 18.6 Å². The highest BCUT2D eigenvalue weighted by molar-refractivity contribution is 5.99. The lowest BCUT2D eigenvalue weighted by Crippen LogP contribution is -2.17. The van der Waals surface area contributed by atoms with Crippen LogP contribution in [0, 0.1) is 22.4 Å². The predicted molar refractivity (Wildman–Crippen MR) is 63.8 cm³/mol. The molecule has 0 fully saturated rings. The van der Waals surface area contributed by atoms with Crippen LogP contribution in [-0.2, 0) is 0 Å². The second-order valence-corrected chi connectivity index (χ2v) is 3.64. The maximum atomic E-state index is 10.6. The van der Waals surface area contributed by atoms with Gasteiger partial charge in [0.25, 0.3) is 0 Å². The van der Waals surface area contributed by atoms with E-state index in [4.69, 9.17) is 11.1 Å². The molecule has 18 heavy (non-hydrogen) atoms. The third kappa shape index (κ3) is 1.90. The van der Waals surface area contributed by atoms with E-state index in [0.29, 0.717) is 11.4 Å². The van der Waals surface area contributed by atoms with E-state index in [2.05, 4.69) is 10.1 Å². The van der Waals surface area contributed by atoms with Gasteiger partial charge in [-0.25, -0.2) is 9.67 Å². The molecule has 0 aliphatic heterocycles.